The van der Waals surface area contributed by atoms with Crippen molar-refractivity contribution >= 4 is 29.3 Å². The summed E-state index contributed by atoms with van der Waals surface area (Å²) in [6, 6.07) is 4.13. The van der Waals surface area contributed by atoms with Crippen LogP contribution in [0.4, 0.5) is 0 Å². The fraction of sp³-hybridized carbons (Fsp3) is 0.444. The van der Waals surface area contributed by atoms with Gasteiger partial charge in [-0.1, -0.05) is 13.8 Å². The minimum atomic E-state index is -0.0404. The number of hydrogen-bond donors (Lipinski definition) is 0. The summed E-state index contributed by atoms with van der Waals surface area (Å²) in [5.41, 5.74) is 3.83. The molecule has 1 aliphatic heterocycles. The largest absolute Gasteiger partial charge is 0.496 e. The van der Waals surface area contributed by atoms with Gasteiger partial charge in [0.15, 0.2) is 5.11 Å². The zero-order chi connectivity index (χ0) is 17.3. The van der Waals surface area contributed by atoms with E-state index in [1.807, 2.05) is 33.0 Å². The number of ether oxygens (including phenoxy) is 1. The Morgan fingerprint density at radius 1 is 1.35 bits per heavy atom. The third-order valence-electron chi connectivity index (χ3n) is 4.19. The fourth-order valence-electron chi connectivity index (χ4n) is 2.74. The third kappa shape index (κ3) is 3.11. The molecular weight excluding hydrogens is 308 g/mol. The van der Waals surface area contributed by atoms with Crippen LogP contribution in [0.25, 0.3) is 6.08 Å². The Hall–Kier alpha value is -1.88. The Morgan fingerprint density at radius 2 is 2.00 bits per heavy atom. The molecule has 0 radical (unpaired) electrons. The van der Waals surface area contributed by atoms with Crippen LogP contribution in [0.3, 0.4) is 0 Å². The molecule has 0 bridgehead atoms. The van der Waals surface area contributed by atoms with E-state index in [0.717, 1.165) is 22.4 Å². The van der Waals surface area contributed by atoms with E-state index in [2.05, 4.69) is 19.9 Å². The number of aryl methyl sites for hydroxylation is 1. The predicted molar refractivity (Wildman–Crippen MR) is 97.5 cm³/mol. The molecule has 0 N–H and O–H groups in total. The maximum atomic E-state index is 12.5. The van der Waals surface area contributed by atoms with Gasteiger partial charge in [0.05, 0.1) is 7.11 Å². The molecule has 0 spiro atoms. The Morgan fingerprint density at radius 3 is 2.48 bits per heavy atom. The molecule has 1 aromatic carbocycles. The van der Waals surface area contributed by atoms with Crippen molar-refractivity contribution in [1.82, 2.24) is 9.80 Å². The summed E-state index contributed by atoms with van der Waals surface area (Å²) < 4.78 is 5.48. The van der Waals surface area contributed by atoms with Gasteiger partial charge in [0, 0.05) is 13.6 Å². The van der Waals surface area contributed by atoms with Crippen LogP contribution in [0.1, 0.15) is 43.4 Å². The number of methoxy groups -OCH3 is 1. The molecule has 0 aromatic heterocycles. The van der Waals surface area contributed by atoms with Crippen molar-refractivity contribution in [1.29, 1.82) is 0 Å². The van der Waals surface area contributed by atoms with Gasteiger partial charge in [-0.25, -0.2) is 0 Å². The SMILES string of the molecule is CCN1C(=O)/C(=C\c2cc(C(C)C)c(OC)cc2C)N(C)C1=S. The lowest BCUT2D eigenvalue weighted by Crippen LogP contribution is -2.30. The fourth-order valence-corrected chi connectivity index (χ4v) is 3.05. The molecule has 1 aliphatic rings. The van der Waals surface area contributed by atoms with Crippen molar-refractivity contribution in [2.45, 2.75) is 33.6 Å². The van der Waals surface area contributed by atoms with Crippen LogP contribution in [-0.2, 0) is 4.79 Å². The highest BCUT2D eigenvalue weighted by Crippen LogP contribution is 2.31. The third-order valence-corrected chi connectivity index (χ3v) is 4.69. The average molecular weight is 332 g/mol. The number of thiocarbonyl (C=S) groups is 1. The summed E-state index contributed by atoms with van der Waals surface area (Å²) in [5.74, 6) is 1.19. The minimum Gasteiger partial charge on any atom is -0.496 e. The van der Waals surface area contributed by atoms with E-state index in [1.165, 1.54) is 0 Å². The van der Waals surface area contributed by atoms with Crippen LogP contribution in [0.5, 0.6) is 5.75 Å². The second-order valence-corrected chi connectivity index (χ2v) is 6.39. The Kier molecular flexibility index (Phi) is 5.09. The summed E-state index contributed by atoms with van der Waals surface area (Å²) in [5, 5.41) is 0.555. The van der Waals surface area contributed by atoms with Crippen molar-refractivity contribution in [3.63, 3.8) is 0 Å². The van der Waals surface area contributed by atoms with Crippen molar-refractivity contribution < 1.29 is 9.53 Å². The van der Waals surface area contributed by atoms with Crippen LogP contribution in [0, 0.1) is 6.92 Å². The lowest BCUT2D eigenvalue weighted by Gasteiger charge is -2.16. The quantitative estimate of drug-likeness (QED) is 0.623. The van der Waals surface area contributed by atoms with E-state index in [4.69, 9.17) is 17.0 Å². The number of carbonyl (C=O) groups is 1. The number of hydrogen-bond acceptors (Lipinski definition) is 3. The van der Waals surface area contributed by atoms with Crippen molar-refractivity contribution in [3.05, 3.63) is 34.5 Å². The smallest absolute Gasteiger partial charge is 0.276 e. The highest BCUT2D eigenvalue weighted by molar-refractivity contribution is 7.80. The van der Waals surface area contributed by atoms with E-state index in [1.54, 1.807) is 16.9 Å². The molecule has 4 nitrogen and oxygen atoms in total. The monoisotopic (exact) mass is 332 g/mol. The molecule has 1 amide bonds. The Balaban J connectivity index is 2.53. The number of benzene rings is 1. The van der Waals surface area contributed by atoms with Gasteiger partial charge in [-0.15, -0.1) is 0 Å². The van der Waals surface area contributed by atoms with Gasteiger partial charge in [-0.3, -0.25) is 9.69 Å². The first-order chi connectivity index (χ1) is 10.8. The second kappa shape index (κ2) is 6.71. The first-order valence-electron chi connectivity index (χ1n) is 7.81. The molecule has 0 saturated carbocycles. The Bertz CT molecular complexity index is 680. The van der Waals surface area contributed by atoms with Gasteiger partial charge in [0.25, 0.3) is 5.91 Å². The molecular formula is C18H24N2O2S. The van der Waals surface area contributed by atoms with Crippen LogP contribution < -0.4 is 4.74 Å². The maximum Gasteiger partial charge on any atom is 0.276 e. The van der Waals surface area contributed by atoms with Crippen molar-refractivity contribution in [2.75, 3.05) is 20.7 Å². The molecule has 5 heteroatoms. The standard InChI is InChI=1S/C18H24N2O2S/c1-7-20-17(21)15(19(5)18(20)23)10-13-9-14(11(2)3)16(22-6)8-12(13)4/h8-11H,7H2,1-6H3/b15-10+. The van der Waals surface area contributed by atoms with Crippen LogP contribution >= 0.6 is 12.2 Å². The van der Waals surface area contributed by atoms with Gasteiger partial charge >= 0.3 is 0 Å². The van der Waals surface area contributed by atoms with Crippen LogP contribution in [0.2, 0.25) is 0 Å². The van der Waals surface area contributed by atoms with E-state index in [9.17, 15) is 4.79 Å². The summed E-state index contributed by atoms with van der Waals surface area (Å²) in [6.07, 6.45) is 1.92. The summed E-state index contributed by atoms with van der Waals surface area (Å²) in [7, 11) is 3.52. The molecule has 1 saturated heterocycles. The number of carbonyl (C=O) groups excluding carboxylic acids is 1. The zero-order valence-electron chi connectivity index (χ0n) is 14.6. The molecule has 1 fully saturated rings. The van der Waals surface area contributed by atoms with Gasteiger partial charge in [0.1, 0.15) is 11.4 Å². The van der Waals surface area contributed by atoms with Crippen molar-refractivity contribution in [3.8, 4) is 5.75 Å². The lowest BCUT2D eigenvalue weighted by atomic mass is 9.96. The molecule has 0 unspecified atom stereocenters. The number of likely N-dealkylation sites (N-methyl/N-ethyl adjacent to an activating group) is 2. The molecule has 124 valence electrons. The average Bonchev–Trinajstić information content (AvgIpc) is 2.71. The van der Waals surface area contributed by atoms with E-state index in [0.29, 0.717) is 23.3 Å². The van der Waals surface area contributed by atoms with Gasteiger partial charge < -0.3 is 9.64 Å². The first kappa shape index (κ1) is 17.5. The van der Waals surface area contributed by atoms with Crippen LogP contribution in [0.15, 0.2) is 17.8 Å². The number of rotatable bonds is 4. The highest BCUT2D eigenvalue weighted by atomic mass is 32.1. The van der Waals surface area contributed by atoms with E-state index >= 15 is 0 Å². The topological polar surface area (TPSA) is 32.8 Å². The minimum absolute atomic E-state index is 0.0404. The molecule has 2 rings (SSSR count). The van der Waals surface area contributed by atoms with Gasteiger partial charge in [-0.05, 0) is 66.9 Å². The lowest BCUT2D eigenvalue weighted by molar-refractivity contribution is -0.122. The molecule has 1 aromatic rings. The van der Waals surface area contributed by atoms with Crippen molar-refractivity contribution in [2.24, 2.45) is 0 Å². The highest BCUT2D eigenvalue weighted by Gasteiger charge is 2.34. The summed E-state index contributed by atoms with van der Waals surface area (Å²) >= 11 is 5.34. The van der Waals surface area contributed by atoms with E-state index < -0.39 is 0 Å². The zero-order valence-corrected chi connectivity index (χ0v) is 15.5. The molecule has 1 heterocycles. The maximum absolute atomic E-state index is 12.5. The summed E-state index contributed by atoms with van der Waals surface area (Å²) in [4.78, 5) is 15.9. The van der Waals surface area contributed by atoms with Crippen LogP contribution in [-0.4, -0.2) is 41.5 Å². The number of nitrogens with zero attached hydrogens (tertiary/aromatic N) is 2. The molecule has 0 aliphatic carbocycles. The predicted octanol–water partition coefficient (Wildman–Crippen LogP) is 3.55. The van der Waals surface area contributed by atoms with Gasteiger partial charge in [-0.2, -0.15) is 0 Å². The van der Waals surface area contributed by atoms with Gasteiger partial charge in [0.2, 0.25) is 0 Å². The molecule has 23 heavy (non-hydrogen) atoms. The summed E-state index contributed by atoms with van der Waals surface area (Å²) in [6.45, 7) is 8.79. The first-order valence-corrected chi connectivity index (χ1v) is 8.22. The second-order valence-electron chi connectivity index (χ2n) is 6.03. The normalized spacial score (nSPS) is 16.9. The Labute approximate surface area is 143 Å². The molecule has 0 atom stereocenters. The number of amides is 1. The van der Waals surface area contributed by atoms with E-state index in [-0.39, 0.29) is 5.91 Å².